The largest absolute Gasteiger partial charge is 0.504 e. The summed E-state index contributed by atoms with van der Waals surface area (Å²) in [6.07, 6.45) is 0. The number of aliphatic hydroxyl groups excluding tert-OH is 1. The van der Waals surface area contributed by atoms with Crippen LogP contribution >= 0.6 is 11.6 Å². The predicted octanol–water partition coefficient (Wildman–Crippen LogP) is 6.59. The van der Waals surface area contributed by atoms with Gasteiger partial charge in [-0.05, 0) is 61.7 Å². The van der Waals surface area contributed by atoms with Gasteiger partial charge >= 0.3 is 0 Å². The standard InChI is InChI=1S/C31H28ClNO7/c1-5-39-23-12-18(8-9-22(23)34)27-26(28(35)24-13-19-11-21(32)14-25(38-4)30(19)40-24)29(36)31(37)33(27)15-20-10-16(2)6-7-17(20)3/h6-14,27,34,36H,5,15H2,1-4H3. The Balaban J connectivity index is 1.65. The molecule has 4 aromatic rings. The number of aryl methyl sites for hydroxylation is 2. The molecule has 8 nitrogen and oxygen atoms in total. The van der Waals surface area contributed by atoms with Crippen molar-refractivity contribution < 1.29 is 33.7 Å². The molecule has 2 heterocycles. The van der Waals surface area contributed by atoms with E-state index < -0.39 is 23.5 Å². The third-order valence-corrected chi connectivity index (χ3v) is 7.20. The third-order valence-electron chi connectivity index (χ3n) is 6.98. The topological polar surface area (TPSA) is 109 Å². The molecular weight excluding hydrogens is 534 g/mol. The molecule has 0 saturated heterocycles. The summed E-state index contributed by atoms with van der Waals surface area (Å²) >= 11 is 6.20. The maximum absolute atomic E-state index is 14.0. The van der Waals surface area contributed by atoms with Gasteiger partial charge in [-0.3, -0.25) is 9.59 Å². The van der Waals surface area contributed by atoms with E-state index in [1.165, 1.54) is 24.1 Å². The van der Waals surface area contributed by atoms with Crippen molar-refractivity contribution in [3.63, 3.8) is 0 Å². The molecule has 1 aromatic heterocycles. The van der Waals surface area contributed by atoms with Crippen LogP contribution in [0, 0.1) is 13.8 Å². The van der Waals surface area contributed by atoms with E-state index in [-0.39, 0.29) is 29.4 Å². The number of aliphatic hydroxyl groups is 1. The van der Waals surface area contributed by atoms with E-state index in [2.05, 4.69) is 0 Å². The molecule has 0 aliphatic carbocycles. The smallest absolute Gasteiger partial charge is 0.290 e. The summed E-state index contributed by atoms with van der Waals surface area (Å²) in [5, 5.41) is 22.4. The van der Waals surface area contributed by atoms with Crippen molar-refractivity contribution in [3.8, 4) is 17.2 Å². The van der Waals surface area contributed by atoms with Crippen LogP contribution in [0.1, 0.15) is 45.8 Å². The molecule has 40 heavy (non-hydrogen) atoms. The molecule has 0 bridgehead atoms. The average Bonchev–Trinajstić information content (AvgIpc) is 3.46. The molecule has 0 saturated carbocycles. The van der Waals surface area contributed by atoms with Crippen molar-refractivity contribution in [2.75, 3.05) is 13.7 Å². The zero-order chi connectivity index (χ0) is 28.7. The van der Waals surface area contributed by atoms with Gasteiger partial charge in [0.05, 0.1) is 25.3 Å². The highest BCUT2D eigenvalue weighted by Gasteiger charge is 2.45. The van der Waals surface area contributed by atoms with Crippen LogP contribution in [0.15, 0.2) is 70.3 Å². The van der Waals surface area contributed by atoms with Gasteiger partial charge in [0.2, 0.25) is 5.78 Å². The van der Waals surface area contributed by atoms with E-state index in [1.54, 1.807) is 31.2 Å². The number of benzene rings is 3. The second-order valence-electron chi connectivity index (χ2n) is 9.65. The van der Waals surface area contributed by atoms with Crippen molar-refractivity contribution in [2.45, 2.75) is 33.4 Å². The minimum absolute atomic E-state index is 0.0849. The lowest BCUT2D eigenvalue weighted by molar-refractivity contribution is -0.130. The second-order valence-corrected chi connectivity index (χ2v) is 10.1. The number of rotatable bonds is 8. The summed E-state index contributed by atoms with van der Waals surface area (Å²) in [6, 6.07) is 14.2. The van der Waals surface area contributed by atoms with E-state index in [4.69, 9.17) is 25.5 Å². The number of carbonyl (C=O) groups is 2. The first-order valence-electron chi connectivity index (χ1n) is 12.7. The minimum atomic E-state index is -0.988. The van der Waals surface area contributed by atoms with Gasteiger partial charge in [-0.1, -0.05) is 41.4 Å². The SMILES string of the molecule is CCOc1cc(C2C(C(=O)c3cc4cc(Cl)cc(OC)c4o3)=C(O)C(=O)N2Cc2cc(C)ccc2C)ccc1O. The normalized spacial score (nSPS) is 15.3. The number of amides is 1. The maximum atomic E-state index is 14.0. The van der Waals surface area contributed by atoms with Gasteiger partial charge in [0.25, 0.3) is 5.91 Å². The zero-order valence-corrected chi connectivity index (χ0v) is 23.2. The maximum Gasteiger partial charge on any atom is 0.290 e. The van der Waals surface area contributed by atoms with Crippen LogP contribution in [0.5, 0.6) is 17.2 Å². The fourth-order valence-electron chi connectivity index (χ4n) is 5.00. The van der Waals surface area contributed by atoms with Gasteiger partial charge in [-0.15, -0.1) is 0 Å². The van der Waals surface area contributed by atoms with Crippen molar-refractivity contribution in [2.24, 2.45) is 0 Å². The number of fused-ring (bicyclic) bond motifs is 1. The summed E-state index contributed by atoms with van der Waals surface area (Å²) in [5.74, 6) is -1.67. The molecular formula is C31H28ClNO7. The number of halogens is 1. The number of carbonyl (C=O) groups excluding carboxylic acids is 2. The van der Waals surface area contributed by atoms with Gasteiger partial charge < -0.3 is 29.0 Å². The van der Waals surface area contributed by atoms with Crippen molar-refractivity contribution in [1.29, 1.82) is 0 Å². The molecule has 9 heteroatoms. The van der Waals surface area contributed by atoms with Crippen LogP contribution in [0.25, 0.3) is 11.0 Å². The summed E-state index contributed by atoms with van der Waals surface area (Å²) in [7, 11) is 1.46. The molecule has 1 amide bonds. The molecule has 5 rings (SSSR count). The number of methoxy groups -OCH3 is 1. The highest BCUT2D eigenvalue weighted by molar-refractivity contribution is 6.31. The van der Waals surface area contributed by atoms with E-state index >= 15 is 0 Å². The van der Waals surface area contributed by atoms with Crippen molar-refractivity contribution in [3.05, 3.63) is 99.0 Å². The van der Waals surface area contributed by atoms with Crippen LogP contribution in [0.2, 0.25) is 5.02 Å². The van der Waals surface area contributed by atoms with Crippen LogP contribution in [-0.4, -0.2) is 40.5 Å². The number of phenolic OH excluding ortho intramolecular Hbond substituents is 1. The molecule has 1 aliphatic rings. The Morgan fingerprint density at radius 2 is 1.82 bits per heavy atom. The lowest BCUT2D eigenvalue weighted by atomic mass is 9.94. The first-order chi connectivity index (χ1) is 19.1. The number of aromatic hydroxyl groups is 1. The highest BCUT2D eigenvalue weighted by atomic mass is 35.5. The molecule has 3 aromatic carbocycles. The lowest BCUT2D eigenvalue weighted by Crippen LogP contribution is -2.31. The number of furan rings is 1. The van der Waals surface area contributed by atoms with Gasteiger partial charge in [0, 0.05) is 23.0 Å². The summed E-state index contributed by atoms with van der Waals surface area (Å²) in [5.41, 5.74) is 3.48. The summed E-state index contributed by atoms with van der Waals surface area (Å²) < 4.78 is 16.8. The molecule has 1 atom stereocenters. The third kappa shape index (κ3) is 4.75. The van der Waals surface area contributed by atoms with Crippen molar-refractivity contribution >= 4 is 34.3 Å². The molecule has 2 N–H and O–H groups in total. The highest BCUT2D eigenvalue weighted by Crippen LogP contribution is 2.43. The first-order valence-corrected chi connectivity index (χ1v) is 13.1. The molecule has 1 aliphatic heterocycles. The quantitative estimate of drug-likeness (QED) is 0.233. The zero-order valence-electron chi connectivity index (χ0n) is 22.4. The fraction of sp³-hybridized carbons (Fsp3) is 0.226. The van der Waals surface area contributed by atoms with Crippen LogP contribution in [0.3, 0.4) is 0 Å². The predicted molar refractivity (Wildman–Crippen MR) is 150 cm³/mol. The monoisotopic (exact) mass is 561 g/mol. The van der Waals surface area contributed by atoms with Gasteiger partial charge in [-0.25, -0.2) is 0 Å². The number of nitrogens with zero attached hydrogens (tertiary/aromatic N) is 1. The number of phenols is 1. The summed E-state index contributed by atoms with van der Waals surface area (Å²) in [4.78, 5) is 29.0. The van der Waals surface area contributed by atoms with Crippen molar-refractivity contribution in [1.82, 2.24) is 4.90 Å². The average molecular weight is 562 g/mol. The fourth-order valence-corrected chi connectivity index (χ4v) is 5.22. The first kappa shape index (κ1) is 27.1. The Bertz CT molecular complexity index is 1690. The molecule has 206 valence electrons. The molecule has 0 spiro atoms. The second kappa shape index (κ2) is 10.6. The Hall–Kier alpha value is -4.43. The molecule has 0 fully saturated rings. The number of hydrogen-bond acceptors (Lipinski definition) is 7. The lowest BCUT2D eigenvalue weighted by Gasteiger charge is -2.28. The Morgan fingerprint density at radius 1 is 1.05 bits per heavy atom. The number of ketones is 1. The Labute approximate surface area is 236 Å². The van der Waals surface area contributed by atoms with Crippen LogP contribution < -0.4 is 9.47 Å². The van der Waals surface area contributed by atoms with E-state index in [0.717, 1.165) is 16.7 Å². The Kier molecular flexibility index (Phi) is 7.21. The Morgan fingerprint density at radius 3 is 2.55 bits per heavy atom. The van der Waals surface area contributed by atoms with E-state index in [1.807, 2.05) is 32.0 Å². The number of Topliss-reactive ketones (excluding diaryl/α,β-unsaturated/α-hetero) is 1. The molecule has 0 radical (unpaired) electrons. The van der Waals surface area contributed by atoms with Gasteiger partial charge in [0.1, 0.15) is 0 Å². The van der Waals surface area contributed by atoms with E-state index in [9.17, 15) is 19.8 Å². The summed E-state index contributed by atoms with van der Waals surface area (Å²) in [6.45, 7) is 6.09. The van der Waals surface area contributed by atoms with Crippen LogP contribution in [-0.2, 0) is 11.3 Å². The van der Waals surface area contributed by atoms with E-state index in [0.29, 0.717) is 33.9 Å². The number of hydrogen-bond donors (Lipinski definition) is 2. The molecule has 1 unspecified atom stereocenters. The van der Waals surface area contributed by atoms with Gasteiger partial charge in [-0.2, -0.15) is 0 Å². The minimum Gasteiger partial charge on any atom is -0.504 e. The van der Waals surface area contributed by atoms with Gasteiger partial charge in [0.15, 0.2) is 34.4 Å². The number of ether oxygens (including phenoxy) is 2. The van der Waals surface area contributed by atoms with Crippen LogP contribution in [0.4, 0.5) is 0 Å².